The van der Waals surface area contributed by atoms with Crippen molar-refractivity contribution in [3.05, 3.63) is 59.7 Å². The molecule has 6 heteroatoms. The van der Waals surface area contributed by atoms with Crippen LogP contribution in [0.15, 0.2) is 53.5 Å². The highest BCUT2D eigenvalue weighted by atomic mass is 16.5. The average molecular weight is 410 g/mol. The topological polar surface area (TPSA) is 55.3 Å². The number of nitrogens with one attached hydrogen (secondary N) is 1. The molecule has 0 aliphatic carbocycles. The fourth-order valence-corrected chi connectivity index (χ4v) is 3.73. The van der Waals surface area contributed by atoms with Crippen LogP contribution >= 0.6 is 0 Å². The Labute approximate surface area is 179 Å². The summed E-state index contributed by atoms with van der Waals surface area (Å²) in [6, 6.07) is 14.3. The number of guanidine groups is 1. The Balaban J connectivity index is 1.61. The van der Waals surface area contributed by atoms with E-state index in [-0.39, 0.29) is 0 Å². The third-order valence-electron chi connectivity index (χ3n) is 5.34. The van der Waals surface area contributed by atoms with Gasteiger partial charge in [-0.3, -0.25) is 4.99 Å². The van der Waals surface area contributed by atoms with Crippen molar-refractivity contribution in [3.63, 3.8) is 0 Å². The Kier molecular flexibility index (Phi) is 7.60. The molecule has 3 rings (SSSR count). The van der Waals surface area contributed by atoms with Gasteiger partial charge in [-0.15, -0.1) is 0 Å². The van der Waals surface area contributed by atoms with Crippen molar-refractivity contribution >= 4 is 11.5 Å². The van der Waals surface area contributed by atoms with Crippen LogP contribution in [0.1, 0.15) is 17.5 Å². The maximum absolute atomic E-state index is 5.55. The van der Waals surface area contributed by atoms with Crippen LogP contribution in [-0.4, -0.2) is 58.9 Å². The molecule has 1 aliphatic heterocycles. The first kappa shape index (κ1) is 21.6. The van der Waals surface area contributed by atoms with Crippen molar-refractivity contribution in [2.75, 3.05) is 48.0 Å². The van der Waals surface area contributed by atoms with E-state index in [4.69, 9.17) is 14.2 Å². The first-order valence-corrected chi connectivity index (χ1v) is 10.2. The first-order chi connectivity index (χ1) is 14.7. The van der Waals surface area contributed by atoms with Crippen LogP contribution in [0.4, 0.5) is 0 Å². The van der Waals surface area contributed by atoms with Crippen molar-refractivity contribution < 1.29 is 14.2 Å². The summed E-state index contributed by atoms with van der Waals surface area (Å²) in [4.78, 5) is 6.75. The fraction of sp³-hybridized carbons (Fsp3) is 0.375. The zero-order chi connectivity index (χ0) is 21.3. The van der Waals surface area contributed by atoms with Gasteiger partial charge in [0.15, 0.2) is 5.96 Å². The zero-order valence-corrected chi connectivity index (χ0v) is 18.3. The van der Waals surface area contributed by atoms with E-state index < -0.39 is 0 Å². The van der Waals surface area contributed by atoms with Crippen LogP contribution < -0.4 is 19.5 Å². The number of ether oxygens (including phenoxy) is 3. The number of hydrogen-bond acceptors (Lipinski definition) is 4. The molecule has 1 aliphatic rings. The van der Waals surface area contributed by atoms with Crippen molar-refractivity contribution in [1.29, 1.82) is 0 Å². The van der Waals surface area contributed by atoms with Gasteiger partial charge in [0.25, 0.3) is 0 Å². The molecule has 1 N–H and O–H groups in total. The molecule has 0 fully saturated rings. The molecular weight excluding hydrogens is 378 g/mol. The predicted molar refractivity (Wildman–Crippen MR) is 122 cm³/mol. The molecule has 0 aromatic heterocycles. The second-order valence-corrected chi connectivity index (χ2v) is 7.03. The molecule has 0 saturated heterocycles. The van der Waals surface area contributed by atoms with Gasteiger partial charge in [-0.05, 0) is 24.0 Å². The minimum atomic E-state index is 0.713. The summed E-state index contributed by atoms with van der Waals surface area (Å²) in [5, 5.41) is 3.48. The molecule has 0 spiro atoms. The molecule has 1 heterocycles. The summed E-state index contributed by atoms with van der Waals surface area (Å²) in [5.41, 5.74) is 3.71. The molecule has 6 nitrogen and oxygen atoms in total. The Hall–Kier alpha value is -3.15. The van der Waals surface area contributed by atoms with Gasteiger partial charge in [0.2, 0.25) is 0 Å². The molecule has 160 valence electrons. The lowest BCUT2D eigenvalue weighted by molar-refractivity contribution is 0.368. The van der Waals surface area contributed by atoms with Crippen molar-refractivity contribution in [3.8, 4) is 17.2 Å². The molecule has 2 aromatic carbocycles. The summed E-state index contributed by atoms with van der Waals surface area (Å²) < 4.78 is 16.4. The van der Waals surface area contributed by atoms with Gasteiger partial charge in [0.05, 0.1) is 21.3 Å². The lowest BCUT2D eigenvalue weighted by atomic mass is 10.00. The van der Waals surface area contributed by atoms with E-state index in [9.17, 15) is 0 Å². The molecule has 0 saturated carbocycles. The Morgan fingerprint density at radius 3 is 2.27 bits per heavy atom. The maximum atomic E-state index is 5.55. The Bertz CT molecular complexity index is 869. The summed E-state index contributed by atoms with van der Waals surface area (Å²) >= 11 is 0. The van der Waals surface area contributed by atoms with Gasteiger partial charge in [0, 0.05) is 44.4 Å². The fourth-order valence-electron chi connectivity index (χ4n) is 3.73. The monoisotopic (exact) mass is 409 g/mol. The van der Waals surface area contributed by atoms with Crippen LogP contribution in [-0.2, 0) is 6.42 Å². The molecular formula is C24H31N3O3. The molecule has 0 bridgehead atoms. The second kappa shape index (κ2) is 10.6. The minimum absolute atomic E-state index is 0.713. The number of hydrogen-bond donors (Lipinski definition) is 1. The lowest BCUT2D eigenvalue weighted by Gasteiger charge is -2.30. The normalized spacial score (nSPS) is 14.2. The number of nitrogens with zero attached hydrogens (tertiary/aromatic N) is 2. The summed E-state index contributed by atoms with van der Waals surface area (Å²) in [5.74, 6) is 3.14. The van der Waals surface area contributed by atoms with Gasteiger partial charge in [0.1, 0.15) is 17.2 Å². The highest BCUT2D eigenvalue weighted by molar-refractivity contribution is 5.81. The van der Waals surface area contributed by atoms with Crippen LogP contribution in [0, 0.1) is 0 Å². The smallest absolute Gasteiger partial charge is 0.193 e. The molecule has 2 aromatic rings. The third-order valence-corrected chi connectivity index (χ3v) is 5.34. The van der Waals surface area contributed by atoms with Crippen LogP contribution in [0.2, 0.25) is 0 Å². The number of aliphatic imine (C=N–C) groups is 1. The van der Waals surface area contributed by atoms with Crippen molar-refractivity contribution in [1.82, 2.24) is 10.2 Å². The van der Waals surface area contributed by atoms with Gasteiger partial charge >= 0.3 is 0 Å². The van der Waals surface area contributed by atoms with Gasteiger partial charge in [-0.2, -0.15) is 0 Å². The van der Waals surface area contributed by atoms with Gasteiger partial charge < -0.3 is 24.4 Å². The van der Waals surface area contributed by atoms with Crippen LogP contribution in [0.25, 0.3) is 5.57 Å². The van der Waals surface area contributed by atoms with Crippen molar-refractivity contribution in [2.24, 2.45) is 4.99 Å². The quantitative estimate of drug-likeness (QED) is 0.559. The Morgan fingerprint density at radius 1 is 1.03 bits per heavy atom. The van der Waals surface area contributed by atoms with E-state index in [2.05, 4.69) is 51.6 Å². The van der Waals surface area contributed by atoms with Gasteiger partial charge in [-0.1, -0.05) is 36.4 Å². The standard InChI is InChI=1S/C24H31N3O3/c1-25-24(27-14-11-19(12-15-27)18-8-6-5-7-9-18)26-13-10-21-22(29-3)16-20(28-2)17-23(21)30-4/h5-9,11,16-17H,10,12-15H2,1-4H3,(H,25,26). The van der Waals surface area contributed by atoms with Crippen LogP contribution in [0.3, 0.4) is 0 Å². The number of rotatable bonds is 7. The van der Waals surface area contributed by atoms with E-state index in [1.807, 2.05) is 19.2 Å². The predicted octanol–water partition coefficient (Wildman–Crippen LogP) is 3.62. The zero-order valence-electron chi connectivity index (χ0n) is 18.3. The van der Waals surface area contributed by atoms with E-state index in [1.165, 1.54) is 11.1 Å². The first-order valence-electron chi connectivity index (χ1n) is 10.2. The summed E-state index contributed by atoms with van der Waals surface area (Å²) in [7, 11) is 6.78. The second-order valence-electron chi connectivity index (χ2n) is 7.03. The highest BCUT2D eigenvalue weighted by Crippen LogP contribution is 2.34. The Morgan fingerprint density at radius 2 is 1.73 bits per heavy atom. The van der Waals surface area contributed by atoms with E-state index in [0.29, 0.717) is 5.75 Å². The highest BCUT2D eigenvalue weighted by Gasteiger charge is 2.17. The maximum Gasteiger partial charge on any atom is 0.193 e. The van der Waals surface area contributed by atoms with E-state index >= 15 is 0 Å². The summed E-state index contributed by atoms with van der Waals surface area (Å²) in [6.07, 6.45) is 4.04. The SMILES string of the molecule is CN=C(NCCc1c(OC)cc(OC)cc1OC)N1CC=C(c2ccccc2)CC1. The van der Waals surface area contributed by atoms with Gasteiger partial charge in [-0.25, -0.2) is 0 Å². The molecule has 0 unspecified atom stereocenters. The van der Waals surface area contributed by atoms with E-state index in [1.54, 1.807) is 21.3 Å². The largest absolute Gasteiger partial charge is 0.496 e. The number of methoxy groups -OCH3 is 3. The lowest BCUT2D eigenvalue weighted by Crippen LogP contribution is -2.44. The third kappa shape index (κ3) is 5.06. The molecule has 0 atom stereocenters. The molecule has 0 amide bonds. The average Bonchev–Trinajstić information content (AvgIpc) is 2.82. The van der Waals surface area contributed by atoms with Crippen molar-refractivity contribution in [2.45, 2.75) is 12.8 Å². The number of benzene rings is 2. The summed E-state index contributed by atoms with van der Waals surface area (Å²) in [6.45, 7) is 2.51. The molecule has 30 heavy (non-hydrogen) atoms. The van der Waals surface area contributed by atoms with Crippen LogP contribution in [0.5, 0.6) is 17.2 Å². The molecule has 0 radical (unpaired) electrons. The van der Waals surface area contributed by atoms with E-state index in [0.717, 1.165) is 55.5 Å². The minimum Gasteiger partial charge on any atom is -0.496 e.